The minimum Gasteiger partial charge on any atom is -0.467 e. The van der Waals surface area contributed by atoms with E-state index in [1.807, 2.05) is 37.4 Å². The Kier molecular flexibility index (Phi) is 4.99. The third kappa shape index (κ3) is 3.70. The Labute approximate surface area is 115 Å². The van der Waals surface area contributed by atoms with Gasteiger partial charge in [0, 0.05) is 16.6 Å². The van der Waals surface area contributed by atoms with Gasteiger partial charge in [0.1, 0.15) is 12.4 Å². The summed E-state index contributed by atoms with van der Waals surface area (Å²) in [5.74, 6) is 0.854. The highest BCUT2D eigenvalue weighted by Crippen LogP contribution is 2.17. The monoisotopic (exact) mass is 309 g/mol. The smallest absolute Gasteiger partial charge is 0.129 e. The minimum absolute atomic E-state index is 0.491. The molecule has 4 heteroatoms. The van der Waals surface area contributed by atoms with Gasteiger partial charge in [-0.2, -0.15) is 0 Å². The fourth-order valence-electron chi connectivity index (χ4n) is 1.68. The van der Waals surface area contributed by atoms with Crippen molar-refractivity contribution in [3.05, 3.63) is 58.0 Å². The Morgan fingerprint density at radius 1 is 1.28 bits per heavy atom. The number of furan rings is 1. The number of nitrogens with one attached hydrogen (secondary N) is 1. The standard InChI is InChI=1S/C14H16BrNO2/c1-16-7-11-6-13(18-8-11)10-17-9-12-4-2-3-5-14(12)15/h2-6,8,16H,7,9-10H2,1H3. The first-order chi connectivity index (χ1) is 8.79. The van der Waals surface area contributed by atoms with Crippen LogP contribution in [0.3, 0.4) is 0 Å². The first-order valence-electron chi connectivity index (χ1n) is 5.81. The molecule has 0 aliphatic carbocycles. The van der Waals surface area contributed by atoms with Gasteiger partial charge in [-0.05, 0) is 24.7 Å². The molecule has 0 radical (unpaired) electrons. The van der Waals surface area contributed by atoms with Crippen LogP contribution in [-0.4, -0.2) is 7.05 Å². The third-order valence-corrected chi connectivity index (χ3v) is 3.32. The summed E-state index contributed by atoms with van der Waals surface area (Å²) in [5, 5.41) is 3.08. The number of ether oxygens (including phenoxy) is 1. The van der Waals surface area contributed by atoms with Crippen LogP contribution in [-0.2, 0) is 24.5 Å². The molecule has 3 nitrogen and oxygen atoms in total. The van der Waals surface area contributed by atoms with Crippen LogP contribution in [0.25, 0.3) is 0 Å². The zero-order chi connectivity index (χ0) is 12.8. The van der Waals surface area contributed by atoms with Crippen LogP contribution in [0, 0.1) is 0 Å². The molecule has 1 heterocycles. The van der Waals surface area contributed by atoms with Crippen molar-refractivity contribution in [3.63, 3.8) is 0 Å². The summed E-state index contributed by atoms with van der Waals surface area (Å²) >= 11 is 3.50. The molecular weight excluding hydrogens is 294 g/mol. The molecule has 1 N–H and O–H groups in total. The molecule has 2 rings (SSSR count). The lowest BCUT2D eigenvalue weighted by Crippen LogP contribution is -2.03. The molecule has 0 fully saturated rings. The highest BCUT2D eigenvalue weighted by Gasteiger charge is 2.03. The molecule has 1 aromatic heterocycles. The normalized spacial score (nSPS) is 10.8. The molecule has 0 aliphatic rings. The summed E-state index contributed by atoms with van der Waals surface area (Å²) in [6, 6.07) is 10.1. The highest BCUT2D eigenvalue weighted by molar-refractivity contribution is 9.10. The lowest BCUT2D eigenvalue weighted by atomic mass is 10.2. The predicted octanol–water partition coefficient (Wildman–Crippen LogP) is 3.48. The van der Waals surface area contributed by atoms with E-state index in [4.69, 9.17) is 9.15 Å². The Hall–Kier alpha value is -1.10. The summed E-state index contributed by atoms with van der Waals surface area (Å²) in [5.41, 5.74) is 2.27. The van der Waals surface area contributed by atoms with E-state index in [0.717, 1.165) is 27.9 Å². The van der Waals surface area contributed by atoms with Crippen LogP contribution in [0.5, 0.6) is 0 Å². The maximum Gasteiger partial charge on any atom is 0.129 e. The second kappa shape index (κ2) is 6.73. The number of hydrogen-bond acceptors (Lipinski definition) is 3. The Morgan fingerprint density at radius 2 is 2.11 bits per heavy atom. The average Bonchev–Trinajstić information content (AvgIpc) is 2.80. The van der Waals surface area contributed by atoms with Crippen molar-refractivity contribution in [1.82, 2.24) is 5.32 Å². The molecule has 96 valence electrons. The molecule has 0 atom stereocenters. The van der Waals surface area contributed by atoms with E-state index in [-0.39, 0.29) is 0 Å². The molecule has 0 saturated heterocycles. The molecule has 0 aliphatic heterocycles. The molecule has 0 unspecified atom stereocenters. The topological polar surface area (TPSA) is 34.4 Å². The summed E-state index contributed by atoms with van der Waals surface area (Å²) in [4.78, 5) is 0. The fourth-order valence-corrected chi connectivity index (χ4v) is 2.07. The van der Waals surface area contributed by atoms with Gasteiger partial charge in [0.15, 0.2) is 0 Å². The first kappa shape index (κ1) is 13.3. The van der Waals surface area contributed by atoms with Gasteiger partial charge in [0.2, 0.25) is 0 Å². The lowest BCUT2D eigenvalue weighted by Gasteiger charge is -2.04. The molecular formula is C14H16BrNO2. The molecule has 0 spiro atoms. The van der Waals surface area contributed by atoms with Gasteiger partial charge in [-0.15, -0.1) is 0 Å². The first-order valence-corrected chi connectivity index (χ1v) is 6.61. The van der Waals surface area contributed by atoms with Crippen LogP contribution in [0.2, 0.25) is 0 Å². The Bertz CT molecular complexity index is 496. The average molecular weight is 310 g/mol. The fraction of sp³-hybridized carbons (Fsp3) is 0.286. The van der Waals surface area contributed by atoms with E-state index >= 15 is 0 Å². The quantitative estimate of drug-likeness (QED) is 0.887. The van der Waals surface area contributed by atoms with Gasteiger partial charge >= 0.3 is 0 Å². The van der Waals surface area contributed by atoms with Gasteiger partial charge in [-0.1, -0.05) is 34.1 Å². The van der Waals surface area contributed by atoms with Crippen LogP contribution >= 0.6 is 15.9 Å². The highest BCUT2D eigenvalue weighted by atomic mass is 79.9. The van der Waals surface area contributed by atoms with Crippen molar-refractivity contribution in [2.24, 2.45) is 0 Å². The SMILES string of the molecule is CNCc1coc(COCc2ccccc2Br)c1. The van der Waals surface area contributed by atoms with Gasteiger partial charge < -0.3 is 14.5 Å². The number of hydrogen-bond donors (Lipinski definition) is 1. The van der Waals surface area contributed by atoms with Crippen molar-refractivity contribution in [2.45, 2.75) is 19.8 Å². The molecule has 0 saturated carbocycles. The Morgan fingerprint density at radius 3 is 2.89 bits per heavy atom. The molecule has 1 aromatic carbocycles. The molecule has 18 heavy (non-hydrogen) atoms. The van der Waals surface area contributed by atoms with E-state index in [9.17, 15) is 0 Å². The van der Waals surface area contributed by atoms with E-state index in [2.05, 4.69) is 21.2 Å². The van der Waals surface area contributed by atoms with Crippen molar-refractivity contribution >= 4 is 15.9 Å². The van der Waals surface area contributed by atoms with Crippen LogP contribution in [0.1, 0.15) is 16.9 Å². The molecule has 2 aromatic rings. The summed E-state index contributed by atoms with van der Waals surface area (Å²) in [7, 11) is 1.91. The molecule has 0 bridgehead atoms. The van der Waals surface area contributed by atoms with Crippen molar-refractivity contribution < 1.29 is 9.15 Å². The predicted molar refractivity (Wildman–Crippen MR) is 74.1 cm³/mol. The second-order valence-corrected chi connectivity index (χ2v) is 4.89. The van der Waals surface area contributed by atoms with Crippen LogP contribution in [0.4, 0.5) is 0 Å². The lowest BCUT2D eigenvalue weighted by molar-refractivity contribution is 0.0926. The third-order valence-electron chi connectivity index (χ3n) is 2.55. The summed E-state index contributed by atoms with van der Waals surface area (Å²) in [6.07, 6.45) is 1.76. The summed E-state index contributed by atoms with van der Waals surface area (Å²) < 4.78 is 12.1. The van der Waals surface area contributed by atoms with Crippen molar-refractivity contribution in [2.75, 3.05) is 7.05 Å². The van der Waals surface area contributed by atoms with Crippen LogP contribution < -0.4 is 5.32 Å². The van der Waals surface area contributed by atoms with Crippen molar-refractivity contribution in [1.29, 1.82) is 0 Å². The van der Waals surface area contributed by atoms with Gasteiger partial charge in [-0.25, -0.2) is 0 Å². The largest absolute Gasteiger partial charge is 0.467 e. The zero-order valence-electron chi connectivity index (χ0n) is 10.3. The van der Waals surface area contributed by atoms with Gasteiger partial charge in [0.05, 0.1) is 12.9 Å². The van der Waals surface area contributed by atoms with Crippen molar-refractivity contribution in [3.8, 4) is 0 Å². The van der Waals surface area contributed by atoms with Gasteiger partial charge in [-0.3, -0.25) is 0 Å². The Balaban J connectivity index is 1.83. The van der Waals surface area contributed by atoms with E-state index in [1.165, 1.54) is 0 Å². The van der Waals surface area contributed by atoms with E-state index < -0.39 is 0 Å². The van der Waals surface area contributed by atoms with E-state index in [1.54, 1.807) is 6.26 Å². The zero-order valence-corrected chi connectivity index (χ0v) is 11.9. The van der Waals surface area contributed by atoms with Gasteiger partial charge in [0.25, 0.3) is 0 Å². The van der Waals surface area contributed by atoms with Crippen LogP contribution in [0.15, 0.2) is 45.5 Å². The number of rotatable bonds is 6. The minimum atomic E-state index is 0.491. The molecule has 0 amide bonds. The maximum absolute atomic E-state index is 5.63. The number of benzene rings is 1. The second-order valence-electron chi connectivity index (χ2n) is 4.04. The number of halogens is 1. The van der Waals surface area contributed by atoms with E-state index in [0.29, 0.717) is 13.2 Å². The summed E-state index contributed by atoms with van der Waals surface area (Å²) in [6.45, 7) is 1.88. The maximum atomic E-state index is 5.63.